The number of carboxylic acid groups (broad SMARTS) is 2. The first-order valence-corrected chi connectivity index (χ1v) is 33.5. The molecule has 0 fully saturated rings. The van der Waals surface area contributed by atoms with Crippen LogP contribution in [0, 0.1) is 23.2 Å². The number of amidine groups is 1. The predicted molar refractivity (Wildman–Crippen MR) is 350 cm³/mol. The molecule has 0 aromatic heterocycles. The van der Waals surface area contributed by atoms with Gasteiger partial charge in [-0.3, -0.25) is 48.7 Å². The van der Waals surface area contributed by atoms with E-state index in [2.05, 4.69) is 22.5 Å². The van der Waals surface area contributed by atoms with Crippen molar-refractivity contribution in [3.63, 3.8) is 0 Å². The van der Waals surface area contributed by atoms with Gasteiger partial charge in [0.1, 0.15) is 36.6 Å². The highest BCUT2D eigenvalue weighted by Gasteiger charge is 2.31. The zero-order chi connectivity index (χ0) is 67.4. The highest BCUT2D eigenvalue weighted by molar-refractivity contribution is 5.92. The number of phenols is 1. The number of benzene rings is 1. The van der Waals surface area contributed by atoms with E-state index in [1.54, 1.807) is 24.1 Å². The third-order valence-corrected chi connectivity index (χ3v) is 15.6. The second-order valence-corrected chi connectivity index (χ2v) is 24.5. The van der Waals surface area contributed by atoms with Crippen molar-refractivity contribution in [1.29, 1.82) is 5.41 Å². The SMILES string of the molecule is C=C(CCCCCCCCCCCCCCCCC(=O)O)N[C@@H](CCC(=O)NCCOCCOCC(=O)CCCOCCOCC(=O)NCCCC[C@H](CC(=O)CC(C)C)C(=O)CN(C)[C@@H](CCCCC(=N)N)C(=O)C[C@@H](Cc1ccc(O)cc1)C(N)=O)C(=O)O. The normalized spacial score (nSPS) is 12.7. The molecule has 3 amide bonds. The molecule has 518 valence electrons. The molecule has 91 heavy (non-hydrogen) atoms. The number of nitrogens with zero attached hydrogens (tertiary/aromatic N) is 1. The molecule has 0 aliphatic rings. The Morgan fingerprint density at radius 2 is 1.10 bits per heavy atom. The molecule has 0 aliphatic carbocycles. The molecular formula is C68H115N7O16. The Labute approximate surface area is 541 Å². The zero-order valence-electron chi connectivity index (χ0n) is 55.4. The summed E-state index contributed by atoms with van der Waals surface area (Å²) in [6.45, 7) is 9.41. The molecule has 0 aliphatic heterocycles. The first kappa shape index (κ1) is 82.9. The molecule has 23 heteroatoms. The van der Waals surface area contributed by atoms with Gasteiger partial charge >= 0.3 is 11.9 Å². The molecule has 1 rings (SSSR count). The number of phenolic OH excluding ortho intramolecular Hbond substituents is 1. The van der Waals surface area contributed by atoms with Gasteiger partial charge in [0, 0.05) is 82.2 Å². The van der Waals surface area contributed by atoms with E-state index in [4.69, 9.17) is 40.9 Å². The number of hydrogen-bond acceptors (Lipinski definition) is 17. The minimum absolute atomic E-state index is 0.0270. The lowest BCUT2D eigenvalue weighted by Crippen LogP contribution is -2.44. The predicted octanol–water partition coefficient (Wildman–Crippen LogP) is 8.46. The van der Waals surface area contributed by atoms with Crippen LogP contribution in [0.3, 0.4) is 0 Å². The molecule has 11 N–H and O–H groups in total. The molecule has 23 nitrogen and oxygen atoms in total. The van der Waals surface area contributed by atoms with E-state index >= 15 is 0 Å². The molecule has 0 spiro atoms. The Balaban J connectivity index is 2.24. The van der Waals surface area contributed by atoms with Crippen LogP contribution in [0.2, 0.25) is 0 Å². The molecule has 4 atom stereocenters. The van der Waals surface area contributed by atoms with Crippen molar-refractivity contribution in [1.82, 2.24) is 20.9 Å². The number of aliphatic carboxylic acids is 2. The number of allylic oxidation sites excluding steroid dienone is 1. The number of unbranched alkanes of at least 4 members (excludes halogenated alkanes) is 15. The standard InChI is InChI=1S/C68H115N7O16/c1-51(2)44-58(78)46-54(62(80)48-75(4)60(27-19-20-28-63(69)70)61(79)47-55(67(71)85)45-53-30-32-56(76)33-31-53)25-21-22-36-72-65(82)50-91-43-40-88-38-23-26-57(77)49-90-42-41-89-39-37-73-64(81)35-34-59(68(86)87)74-52(3)24-17-15-13-11-9-7-5-6-8-10-12-14-16-18-29-66(83)84/h30-33,51,54-55,59-60,74,76H,3,5-29,34-50H2,1-2,4H3,(H3,69,70)(H2,71,85)(H,72,82)(H,73,81)(H,83,84)(H,86,87)/t54-,55-,59+,60+/m1/s1. The maximum absolute atomic E-state index is 14.0. The molecule has 1 aromatic rings. The van der Waals surface area contributed by atoms with Crippen molar-refractivity contribution < 1.29 is 77.4 Å². The van der Waals surface area contributed by atoms with Crippen LogP contribution in [0.4, 0.5) is 0 Å². The quantitative estimate of drug-likeness (QED) is 0.0168. The maximum Gasteiger partial charge on any atom is 0.326 e. The van der Waals surface area contributed by atoms with Crippen molar-refractivity contribution in [3.8, 4) is 5.75 Å². The molecule has 1 aromatic carbocycles. The summed E-state index contributed by atoms with van der Waals surface area (Å²) in [5.74, 6) is -4.79. The van der Waals surface area contributed by atoms with Gasteiger partial charge in [-0.2, -0.15) is 0 Å². The summed E-state index contributed by atoms with van der Waals surface area (Å²) in [5, 5.41) is 44.2. The zero-order valence-corrected chi connectivity index (χ0v) is 55.4. The number of amides is 3. The van der Waals surface area contributed by atoms with Gasteiger partial charge in [-0.05, 0) is 94.9 Å². The van der Waals surface area contributed by atoms with Crippen molar-refractivity contribution >= 4 is 58.6 Å². The van der Waals surface area contributed by atoms with E-state index in [9.17, 15) is 53.4 Å². The van der Waals surface area contributed by atoms with Crippen LogP contribution in [-0.2, 0) is 68.5 Å². The number of nitrogens with one attached hydrogen (secondary N) is 4. The van der Waals surface area contributed by atoms with Crippen LogP contribution in [0.5, 0.6) is 5.75 Å². The smallest absolute Gasteiger partial charge is 0.326 e. The van der Waals surface area contributed by atoms with Crippen molar-refractivity contribution in [2.45, 2.75) is 225 Å². The fraction of sp³-hybridized carbons (Fsp3) is 0.735. The van der Waals surface area contributed by atoms with Gasteiger partial charge in [0.15, 0.2) is 11.6 Å². The largest absolute Gasteiger partial charge is 0.508 e. The summed E-state index contributed by atoms with van der Waals surface area (Å²) in [5.41, 5.74) is 12.7. The molecule has 0 bridgehead atoms. The van der Waals surface area contributed by atoms with Crippen LogP contribution in [-0.4, -0.2) is 170 Å². The molecule has 0 saturated carbocycles. The third kappa shape index (κ3) is 47.4. The van der Waals surface area contributed by atoms with Crippen LogP contribution < -0.4 is 27.4 Å². The number of rotatable bonds is 64. The van der Waals surface area contributed by atoms with Crippen LogP contribution in [0.1, 0.15) is 212 Å². The van der Waals surface area contributed by atoms with Crippen LogP contribution >= 0.6 is 0 Å². The molecule has 0 heterocycles. The number of ketones is 4. The number of hydrogen-bond donors (Lipinski definition) is 9. The van der Waals surface area contributed by atoms with E-state index in [0.717, 1.165) is 44.1 Å². The van der Waals surface area contributed by atoms with E-state index in [1.165, 1.54) is 63.5 Å². The highest BCUT2D eigenvalue weighted by atomic mass is 16.5. The van der Waals surface area contributed by atoms with Gasteiger partial charge in [0.2, 0.25) is 17.7 Å². The Morgan fingerprint density at radius 3 is 1.68 bits per heavy atom. The average molecular weight is 1290 g/mol. The van der Waals surface area contributed by atoms with Gasteiger partial charge in [-0.15, -0.1) is 0 Å². The lowest BCUT2D eigenvalue weighted by Gasteiger charge is -2.29. The van der Waals surface area contributed by atoms with Crippen molar-refractivity contribution in [2.24, 2.45) is 29.2 Å². The average Bonchev–Trinajstić information content (AvgIpc) is 2.18. The summed E-state index contributed by atoms with van der Waals surface area (Å²) in [6.07, 6.45) is 21.3. The summed E-state index contributed by atoms with van der Waals surface area (Å²) in [7, 11) is 1.68. The van der Waals surface area contributed by atoms with E-state index in [1.807, 2.05) is 13.8 Å². The van der Waals surface area contributed by atoms with Crippen LogP contribution in [0.15, 0.2) is 36.5 Å². The topological polar surface area (TPSA) is 366 Å². The Kier molecular flexibility index (Phi) is 48.6. The number of Topliss-reactive ketones (excluding diaryl/α,β-unsaturated/α-hetero) is 4. The van der Waals surface area contributed by atoms with E-state index in [-0.39, 0.29) is 157 Å². The van der Waals surface area contributed by atoms with E-state index in [0.29, 0.717) is 83.1 Å². The fourth-order valence-electron chi connectivity index (χ4n) is 10.5. The van der Waals surface area contributed by atoms with Gasteiger partial charge in [0.05, 0.1) is 51.5 Å². The van der Waals surface area contributed by atoms with Gasteiger partial charge < -0.3 is 61.7 Å². The summed E-state index contributed by atoms with van der Waals surface area (Å²) < 4.78 is 21.9. The minimum Gasteiger partial charge on any atom is -0.508 e. The number of aromatic hydroxyl groups is 1. The maximum atomic E-state index is 14.0. The number of carbonyl (C=O) groups excluding carboxylic acids is 7. The second-order valence-electron chi connectivity index (χ2n) is 24.5. The number of ether oxygens (including phenoxy) is 4. The number of likely N-dealkylation sites (N-methyl/N-ethyl adjacent to an activating group) is 1. The number of carbonyl (C=O) groups is 9. The number of primary amides is 1. The summed E-state index contributed by atoms with van der Waals surface area (Å²) in [6, 6.07) is 4.66. The molecule has 0 unspecified atom stereocenters. The monoisotopic (exact) mass is 1290 g/mol. The van der Waals surface area contributed by atoms with Crippen LogP contribution in [0.25, 0.3) is 0 Å². The van der Waals surface area contributed by atoms with Gasteiger partial charge in [-0.1, -0.05) is 122 Å². The van der Waals surface area contributed by atoms with Gasteiger partial charge in [-0.25, -0.2) is 4.79 Å². The van der Waals surface area contributed by atoms with Gasteiger partial charge in [0.25, 0.3) is 0 Å². The fourth-order valence-corrected chi connectivity index (χ4v) is 10.5. The lowest BCUT2D eigenvalue weighted by atomic mass is 9.88. The molecule has 0 saturated heterocycles. The molecule has 0 radical (unpaired) electrons. The third-order valence-electron chi connectivity index (χ3n) is 15.6. The van der Waals surface area contributed by atoms with E-state index < -0.39 is 41.8 Å². The van der Waals surface area contributed by atoms with Crippen molar-refractivity contribution in [3.05, 3.63) is 42.1 Å². The summed E-state index contributed by atoms with van der Waals surface area (Å²) in [4.78, 5) is 115. The number of carboxylic acids is 2. The summed E-state index contributed by atoms with van der Waals surface area (Å²) >= 11 is 0. The Morgan fingerprint density at radius 1 is 0.549 bits per heavy atom. The Bertz CT molecular complexity index is 2270. The minimum atomic E-state index is -1.04. The number of nitrogens with two attached hydrogens (primary N) is 2. The Hall–Kier alpha value is -6.14. The van der Waals surface area contributed by atoms with Crippen molar-refractivity contribution in [2.75, 3.05) is 79.5 Å². The second kappa shape index (κ2) is 53.4. The first-order valence-electron chi connectivity index (χ1n) is 33.5. The molecular weight excluding hydrogens is 1170 g/mol. The first-order chi connectivity index (χ1) is 43.6. The lowest BCUT2D eigenvalue weighted by molar-refractivity contribution is -0.140. The highest BCUT2D eigenvalue weighted by Crippen LogP contribution is 2.23.